The standard InChI is InChI=1S/C16H32N2O/c1-2-10-18(12-15-8-5-9-17-15)13-16(19)11-14-6-3-4-7-14/h14-17,19H,2-13H2,1H3. The maximum Gasteiger partial charge on any atom is 0.0669 e. The van der Waals surface area contributed by atoms with Gasteiger partial charge in [-0.3, -0.25) is 4.90 Å². The summed E-state index contributed by atoms with van der Waals surface area (Å²) in [5, 5.41) is 13.9. The van der Waals surface area contributed by atoms with Crippen LogP contribution in [0.25, 0.3) is 0 Å². The van der Waals surface area contributed by atoms with Crippen molar-refractivity contribution in [3.05, 3.63) is 0 Å². The molecule has 3 heteroatoms. The second kappa shape index (κ2) is 8.23. The Morgan fingerprint density at radius 3 is 2.63 bits per heavy atom. The lowest BCUT2D eigenvalue weighted by molar-refractivity contribution is 0.0873. The van der Waals surface area contributed by atoms with Crippen LogP contribution in [-0.2, 0) is 0 Å². The van der Waals surface area contributed by atoms with E-state index < -0.39 is 0 Å². The SMILES string of the molecule is CCCN(CC(O)CC1CCCC1)CC1CCCN1. The Balaban J connectivity index is 1.70. The third kappa shape index (κ3) is 5.41. The Hall–Kier alpha value is -0.120. The summed E-state index contributed by atoms with van der Waals surface area (Å²) in [6, 6.07) is 0.658. The molecule has 0 radical (unpaired) electrons. The second-order valence-electron chi connectivity index (χ2n) is 6.59. The Morgan fingerprint density at radius 2 is 2.00 bits per heavy atom. The van der Waals surface area contributed by atoms with Gasteiger partial charge in [0, 0.05) is 19.1 Å². The van der Waals surface area contributed by atoms with E-state index in [0.717, 1.165) is 32.0 Å². The predicted molar refractivity (Wildman–Crippen MR) is 80.3 cm³/mol. The van der Waals surface area contributed by atoms with Crippen molar-refractivity contribution in [3.63, 3.8) is 0 Å². The molecule has 2 unspecified atom stereocenters. The molecule has 1 aliphatic carbocycles. The highest BCUT2D eigenvalue weighted by Crippen LogP contribution is 2.28. The van der Waals surface area contributed by atoms with E-state index >= 15 is 0 Å². The summed E-state index contributed by atoms with van der Waals surface area (Å²) in [5.41, 5.74) is 0. The lowest BCUT2D eigenvalue weighted by Crippen LogP contribution is -2.42. The van der Waals surface area contributed by atoms with Crippen LogP contribution in [0.5, 0.6) is 0 Å². The van der Waals surface area contributed by atoms with Crippen LogP contribution in [0.15, 0.2) is 0 Å². The van der Waals surface area contributed by atoms with Crippen LogP contribution in [0.2, 0.25) is 0 Å². The van der Waals surface area contributed by atoms with Crippen molar-refractivity contribution in [1.82, 2.24) is 10.2 Å². The van der Waals surface area contributed by atoms with Crippen LogP contribution in [0.3, 0.4) is 0 Å². The maximum atomic E-state index is 10.3. The van der Waals surface area contributed by atoms with Gasteiger partial charge in [0.25, 0.3) is 0 Å². The van der Waals surface area contributed by atoms with Gasteiger partial charge in [-0.2, -0.15) is 0 Å². The summed E-state index contributed by atoms with van der Waals surface area (Å²) in [5.74, 6) is 0.795. The minimum Gasteiger partial charge on any atom is -0.392 e. The van der Waals surface area contributed by atoms with Gasteiger partial charge < -0.3 is 10.4 Å². The van der Waals surface area contributed by atoms with Gasteiger partial charge in [0.1, 0.15) is 0 Å². The van der Waals surface area contributed by atoms with Crippen molar-refractivity contribution in [2.24, 2.45) is 5.92 Å². The van der Waals surface area contributed by atoms with E-state index in [-0.39, 0.29) is 6.10 Å². The zero-order valence-electron chi connectivity index (χ0n) is 12.6. The number of rotatable bonds is 8. The van der Waals surface area contributed by atoms with Crippen LogP contribution >= 0.6 is 0 Å². The highest BCUT2D eigenvalue weighted by molar-refractivity contribution is 4.80. The number of nitrogens with zero attached hydrogens (tertiary/aromatic N) is 1. The molecule has 112 valence electrons. The van der Waals surface area contributed by atoms with Gasteiger partial charge in [-0.1, -0.05) is 32.6 Å². The monoisotopic (exact) mass is 268 g/mol. The highest BCUT2D eigenvalue weighted by atomic mass is 16.3. The lowest BCUT2D eigenvalue weighted by atomic mass is 9.99. The summed E-state index contributed by atoms with van der Waals surface area (Å²) in [6.45, 7) is 6.53. The van der Waals surface area contributed by atoms with E-state index in [1.165, 1.54) is 51.5 Å². The highest BCUT2D eigenvalue weighted by Gasteiger charge is 2.22. The molecule has 0 spiro atoms. The van der Waals surface area contributed by atoms with Gasteiger partial charge in [-0.25, -0.2) is 0 Å². The van der Waals surface area contributed by atoms with Crippen molar-refractivity contribution < 1.29 is 5.11 Å². The number of hydrogen-bond donors (Lipinski definition) is 2. The molecule has 2 N–H and O–H groups in total. The fraction of sp³-hybridized carbons (Fsp3) is 1.00. The first-order valence-corrected chi connectivity index (χ1v) is 8.41. The zero-order valence-corrected chi connectivity index (χ0v) is 12.6. The third-order valence-electron chi connectivity index (χ3n) is 4.73. The molecule has 3 nitrogen and oxygen atoms in total. The molecule has 1 saturated carbocycles. The van der Waals surface area contributed by atoms with E-state index in [1.54, 1.807) is 0 Å². The van der Waals surface area contributed by atoms with Crippen molar-refractivity contribution in [2.45, 2.75) is 70.4 Å². The largest absolute Gasteiger partial charge is 0.392 e. The third-order valence-corrected chi connectivity index (χ3v) is 4.73. The summed E-state index contributed by atoms with van der Waals surface area (Å²) >= 11 is 0. The molecule has 2 atom stereocenters. The minimum atomic E-state index is -0.115. The quantitative estimate of drug-likeness (QED) is 0.709. The number of nitrogens with one attached hydrogen (secondary N) is 1. The van der Waals surface area contributed by atoms with E-state index in [2.05, 4.69) is 17.1 Å². The molecule has 0 aromatic carbocycles. The van der Waals surface area contributed by atoms with Gasteiger partial charge in [0.15, 0.2) is 0 Å². The van der Waals surface area contributed by atoms with Crippen LogP contribution in [-0.4, -0.2) is 48.3 Å². The van der Waals surface area contributed by atoms with E-state index in [9.17, 15) is 5.11 Å². The van der Waals surface area contributed by atoms with E-state index in [4.69, 9.17) is 0 Å². The Morgan fingerprint density at radius 1 is 1.21 bits per heavy atom. The van der Waals surface area contributed by atoms with Crippen LogP contribution in [0.1, 0.15) is 58.3 Å². The fourth-order valence-corrected chi connectivity index (χ4v) is 3.80. The van der Waals surface area contributed by atoms with Gasteiger partial charge in [-0.15, -0.1) is 0 Å². The van der Waals surface area contributed by atoms with Crippen molar-refractivity contribution in [2.75, 3.05) is 26.2 Å². The first kappa shape index (κ1) is 15.3. The number of aliphatic hydroxyl groups is 1. The van der Waals surface area contributed by atoms with Crippen molar-refractivity contribution in [1.29, 1.82) is 0 Å². The molecule has 2 rings (SSSR count). The zero-order chi connectivity index (χ0) is 13.5. The second-order valence-corrected chi connectivity index (χ2v) is 6.59. The van der Waals surface area contributed by atoms with Crippen LogP contribution in [0, 0.1) is 5.92 Å². The van der Waals surface area contributed by atoms with Gasteiger partial charge in [0.05, 0.1) is 6.10 Å². The molecule has 0 aromatic heterocycles. The summed E-state index contributed by atoms with van der Waals surface area (Å²) in [4.78, 5) is 2.47. The van der Waals surface area contributed by atoms with Crippen LogP contribution in [0.4, 0.5) is 0 Å². The molecule has 0 amide bonds. The number of aliphatic hydroxyl groups excluding tert-OH is 1. The molecule has 1 saturated heterocycles. The van der Waals surface area contributed by atoms with Gasteiger partial charge in [-0.05, 0) is 44.7 Å². The van der Waals surface area contributed by atoms with E-state index in [0.29, 0.717) is 6.04 Å². The Kier molecular flexibility index (Phi) is 6.62. The first-order chi connectivity index (χ1) is 9.28. The molecule has 2 aliphatic rings. The molecule has 1 heterocycles. The fourth-order valence-electron chi connectivity index (χ4n) is 3.80. The van der Waals surface area contributed by atoms with E-state index in [1.807, 2.05) is 0 Å². The molecular formula is C16H32N2O. The Bertz CT molecular complexity index is 235. The molecular weight excluding hydrogens is 236 g/mol. The predicted octanol–water partition coefficient (Wildman–Crippen LogP) is 2.39. The van der Waals surface area contributed by atoms with Gasteiger partial charge >= 0.3 is 0 Å². The first-order valence-electron chi connectivity index (χ1n) is 8.41. The average Bonchev–Trinajstić information content (AvgIpc) is 3.02. The number of hydrogen-bond acceptors (Lipinski definition) is 3. The average molecular weight is 268 g/mol. The molecule has 0 aromatic rings. The lowest BCUT2D eigenvalue weighted by Gasteiger charge is -2.28. The minimum absolute atomic E-state index is 0.115. The normalized spacial score (nSPS) is 26.4. The summed E-state index contributed by atoms with van der Waals surface area (Å²) in [6.07, 6.45) is 10.2. The molecule has 19 heavy (non-hydrogen) atoms. The van der Waals surface area contributed by atoms with Crippen molar-refractivity contribution in [3.8, 4) is 0 Å². The van der Waals surface area contributed by atoms with Gasteiger partial charge in [0.2, 0.25) is 0 Å². The molecule has 2 fully saturated rings. The summed E-state index contributed by atoms with van der Waals surface area (Å²) < 4.78 is 0. The van der Waals surface area contributed by atoms with Crippen LogP contribution < -0.4 is 5.32 Å². The molecule has 0 bridgehead atoms. The topological polar surface area (TPSA) is 35.5 Å². The summed E-state index contributed by atoms with van der Waals surface area (Å²) in [7, 11) is 0. The Labute approximate surface area is 118 Å². The molecule has 1 aliphatic heterocycles. The smallest absolute Gasteiger partial charge is 0.0669 e. The maximum absolute atomic E-state index is 10.3. The van der Waals surface area contributed by atoms with Crippen molar-refractivity contribution >= 4 is 0 Å².